The summed E-state index contributed by atoms with van der Waals surface area (Å²) in [7, 11) is 3.62. The standard InChI is InChI=1S/C28H33N7O4S/c1-28(2,3)39-27(37)35-12-17(13-35)38-21-10-19-16(11-31-33-19)8-20(21)32-24-23-18-7-6-15(26(36)34(4)5)9-22(18)40-25(23)30-14-29-24/h8,10-11,14-15,17H,6-7,9,12-13H2,1-5H3,(H,31,33)(H,29,30,32)/t15-/m0/s1. The Kier molecular flexibility index (Phi) is 6.52. The van der Waals surface area contributed by atoms with Crippen molar-refractivity contribution in [2.24, 2.45) is 5.92 Å². The fraction of sp³-hybridized carbons (Fsp3) is 0.464. The average molecular weight is 564 g/mol. The molecular formula is C28H33N7O4S. The first-order chi connectivity index (χ1) is 19.1. The summed E-state index contributed by atoms with van der Waals surface area (Å²) in [6.45, 7) is 6.45. The Morgan fingerprint density at radius 2 is 2.00 bits per heavy atom. The van der Waals surface area contributed by atoms with Gasteiger partial charge in [0.15, 0.2) is 0 Å². The predicted molar refractivity (Wildman–Crippen MR) is 153 cm³/mol. The third kappa shape index (κ3) is 5.03. The lowest BCUT2D eigenvalue weighted by molar-refractivity contribution is -0.133. The molecule has 40 heavy (non-hydrogen) atoms. The van der Waals surface area contributed by atoms with Gasteiger partial charge in [-0.1, -0.05) is 0 Å². The van der Waals surface area contributed by atoms with Crippen LogP contribution in [0, 0.1) is 5.92 Å². The number of nitrogens with zero attached hydrogens (tertiary/aromatic N) is 5. The molecule has 1 fully saturated rings. The predicted octanol–water partition coefficient (Wildman–Crippen LogP) is 4.50. The number of aryl methyl sites for hydroxylation is 1. The van der Waals surface area contributed by atoms with Crippen molar-refractivity contribution in [2.45, 2.75) is 51.7 Å². The number of anilines is 2. The Bertz CT molecular complexity index is 1600. The van der Waals surface area contributed by atoms with Crippen molar-refractivity contribution < 1.29 is 19.1 Å². The van der Waals surface area contributed by atoms with Gasteiger partial charge in [-0.15, -0.1) is 11.3 Å². The zero-order valence-corrected chi connectivity index (χ0v) is 24.1. The van der Waals surface area contributed by atoms with Crippen molar-refractivity contribution in [1.29, 1.82) is 0 Å². The van der Waals surface area contributed by atoms with Crippen LogP contribution in [0.15, 0.2) is 24.7 Å². The summed E-state index contributed by atoms with van der Waals surface area (Å²) in [4.78, 5) is 39.6. The van der Waals surface area contributed by atoms with Crippen molar-refractivity contribution in [3.05, 3.63) is 35.1 Å². The van der Waals surface area contributed by atoms with E-state index in [4.69, 9.17) is 9.47 Å². The molecule has 1 aromatic carbocycles. The lowest BCUT2D eigenvalue weighted by Gasteiger charge is -2.39. The number of carbonyl (C=O) groups is 2. The topological polar surface area (TPSA) is 126 Å². The van der Waals surface area contributed by atoms with Gasteiger partial charge in [0.05, 0.1) is 35.9 Å². The molecule has 11 nitrogen and oxygen atoms in total. The number of fused-ring (bicyclic) bond motifs is 4. The molecule has 0 unspecified atom stereocenters. The van der Waals surface area contributed by atoms with Gasteiger partial charge in [-0.05, 0) is 51.7 Å². The zero-order chi connectivity index (χ0) is 28.2. The van der Waals surface area contributed by atoms with Crippen LogP contribution in [-0.4, -0.2) is 80.9 Å². The summed E-state index contributed by atoms with van der Waals surface area (Å²) in [5, 5.41) is 12.6. The summed E-state index contributed by atoms with van der Waals surface area (Å²) >= 11 is 1.64. The molecule has 210 valence electrons. The summed E-state index contributed by atoms with van der Waals surface area (Å²) in [5.41, 5.74) is 2.27. The monoisotopic (exact) mass is 563 g/mol. The average Bonchev–Trinajstić information content (AvgIpc) is 3.47. The van der Waals surface area contributed by atoms with Crippen molar-refractivity contribution in [3.8, 4) is 5.75 Å². The number of amides is 2. The number of thiophene rings is 1. The minimum atomic E-state index is -0.543. The first kappa shape index (κ1) is 26.3. The van der Waals surface area contributed by atoms with Crippen LogP contribution in [-0.2, 0) is 22.4 Å². The van der Waals surface area contributed by atoms with E-state index in [1.54, 1.807) is 33.7 Å². The molecule has 2 amide bonds. The van der Waals surface area contributed by atoms with E-state index in [1.165, 1.54) is 10.4 Å². The number of aromatic nitrogens is 4. The number of benzene rings is 1. The number of likely N-dealkylation sites (tertiary alicyclic amines) is 1. The number of aromatic amines is 1. The number of hydrogen-bond donors (Lipinski definition) is 2. The van der Waals surface area contributed by atoms with Gasteiger partial charge in [0.25, 0.3) is 0 Å². The molecule has 1 saturated heterocycles. The maximum Gasteiger partial charge on any atom is 0.410 e. The lowest BCUT2D eigenvalue weighted by atomic mass is 9.87. The smallest absolute Gasteiger partial charge is 0.410 e. The van der Waals surface area contributed by atoms with Crippen LogP contribution >= 0.6 is 11.3 Å². The maximum absolute atomic E-state index is 12.6. The van der Waals surface area contributed by atoms with Gasteiger partial charge < -0.3 is 24.6 Å². The highest BCUT2D eigenvalue weighted by Crippen LogP contribution is 2.42. The Morgan fingerprint density at radius 3 is 2.75 bits per heavy atom. The van der Waals surface area contributed by atoms with Crippen molar-refractivity contribution in [3.63, 3.8) is 0 Å². The fourth-order valence-corrected chi connectivity index (χ4v) is 6.51. The van der Waals surface area contributed by atoms with Gasteiger partial charge in [-0.25, -0.2) is 14.8 Å². The van der Waals surface area contributed by atoms with Crippen LogP contribution in [0.1, 0.15) is 37.6 Å². The molecule has 6 rings (SSSR count). The summed E-state index contributed by atoms with van der Waals surface area (Å²) in [5.74, 6) is 1.50. The molecule has 2 aliphatic rings. The van der Waals surface area contributed by atoms with E-state index in [0.717, 1.165) is 46.1 Å². The van der Waals surface area contributed by atoms with E-state index in [9.17, 15) is 9.59 Å². The van der Waals surface area contributed by atoms with E-state index in [1.807, 2.05) is 47.0 Å². The minimum absolute atomic E-state index is 0.00819. The fourth-order valence-electron chi connectivity index (χ4n) is 5.24. The molecule has 0 radical (unpaired) electrons. The SMILES string of the molecule is CN(C)C(=O)[C@H]1CCc2c(sc3ncnc(Nc4cc5cn[nH]c5cc4OC4CN(C(=O)OC(C)(C)C)C4)c23)C1. The molecule has 3 aromatic heterocycles. The van der Waals surface area contributed by atoms with E-state index < -0.39 is 5.60 Å². The first-order valence-corrected chi connectivity index (χ1v) is 14.2. The Hall–Kier alpha value is -3.93. The molecule has 2 N–H and O–H groups in total. The lowest BCUT2D eigenvalue weighted by Crippen LogP contribution is -2.57. The second-order valence-corrected chi connectivity index (χ2v) is 12.7. The number of ether oxygens (including phenoxy) is 2. The van der Waals surface area contributed by atoms with Crippen LogP contribution < -0.4 is 10.1 Å². The highest BCUT2D eigenvalue weighted by Gasteiger charge is 2.36. The van der Waals surface area contributed by atoms with Gasteiger partial charge in [-0.2, -0.15) is 5.10 Å². The summed E-state index contributed by atoms with van der Waals surface area (Å²) in [6, 6.07) is 3.90. The first-order valence-electron chi connectivity index (χ1n) is 13.4. The minimum Gasteiger partial charge on any atom is -0.484 e. The molecule has 1 aliphatic heterocycles. The van der Waals surface area contributed by atoms with Gasteiger partial charge in [0.2, 0.25) is 5.91 Å². The Morgan fingerprint density at radius 1 is 1.20 bits per heavy atom. The largest absolute Gasteiger partial charge is 0.484 e. The quantitative estimate of drug-likeness (QED) is 0.364. The molecule has 0 bridgehead atoms. The third-order valence-corrected chi connectivity index (χ3v) is 8.38. The summed E-state index contributed by atoms with van der Waals surface area (Å²) < 4.78 is 11.8. The van der Waals surface area contributed by atoms with Crippen molar-refractivity contribution in [1.82, 2.24) is 30.0 Å². The van der Waals surface area contributed by atoms with Crippen LogP contribution in [0.3, 0.4) is 0 Å². The van der Waals surface area contributed by atoms with E-state index in [2.05, 4.69) is 25.5 Å². The Labute approximate surface area is 235 Å². The number of rotatable bonds is 5. The van der Waals surface area contributed by atoms with Crippen LogP contribution in [0.5, 0.6) is 5.75 Å². The van der Waals surface area contributed by atoms with Crippen LogP contribution in [0.2, 0.25) is 0 Å². The summed E-state index contributed by atoms with van der Waals surface area (Å²) in [6.07, 6.45) is 5.15. The van der Waals surface area contributed by atoms with Gasteiger partial charge in [0, 0.05) is 36.3 Å². The molecule has 1 atom stereocenters. The number of hydrogen-bond acceptors (Lipinski definition) is 9. The van der Waals surface area contributed by atoms with E-state index >= 15 is 0 Å². The van der Waals surface area contributed by atoms with Gasteiger partial charge >= 0.3 is 6.09 Å². The van der Waals surface area contributed by atoms with E-state index in [-0.39, 0.29) is 24.0 Å². The molecule has 0 spiro atoms. The number of carbonyl (C=O) groups excluding carboxylic acids is 2. The highest BCUT2D eigenvalue weighted by molar-refractivity contribution is 7.19. The highest BCUT2D eigenvalue weighted by atomic mass is 32.1. The van der Waals surface area contributed by atoms with Gasteiger partial charge in [-0.3, -0.25) is 9.89 Å². The Balaban J connectivity index is 1.26. The van der Waals surface area contributed by atoms with Crippen LogP contribution in [0.4, 0.5) is 16.3 Å². The number of nitrogens with one attached hydrogen (secondary N) is 2. The number of H-pyrrole nitrogens is 1. The second kappa shape index (κ2) is 9.92. The van der Waals surface area contributed by atoms with Crippen molar-refractivity contribution >= 4 is 56.0 Å². The van der Waals surface area contributed by atoms with Gasteiger partial charge in [0.1, 0.15) is 34.4 Å². The van der Waals surface area contributed by atoms with Crippen LogP contribution in [0.25, 0.3) is 21.1 Å². The molecule has 4 aromatic rings. The normalized spacial score (nSPS) is 17.4. The van der Waals surface area contributed by atoms with E-state index in [0.29, 0.717) is 24.7 Å². The second-order valence-electron chi connectivity index (χ2n) is 11.6. The zero-order valence-electron chi connectivity index (χ0n) is 23.3. The molecular weight excluding hydrogens is 530 g/mol. The molecule has 12 heteroatoms. The third-order valence-electron chi connectivity index (χ3n) is 7.22. The molecule has 0 saturated carbocycles. The molecule has 1 aliphatic carbocycles. The maximum atomic E-state index is 12.6. The molecule has 4 heterocycles. The van der Waals surface area contributed by atoms with Crippen molar-refractivity contribution in [2.75, 3.05) is 32.5 Å².